The molecule has 0 amide bonds. The third-order valence-corrected chi connectivity index (χ3v) is 4.78. The number of carbonyl (C=O) groups excluding carboxylic acids is 1. The van der Waals surface area contributed by atoms with Gasteiger partial charge in [0.1, 0.15) is 16.6 Å². The number of carbonyl (C=O) groups is 1. The molecule has 0 saturated carbocycles. The maximum Gasteiger partial charge on any atom is 0.174 e. The van der Waals surface area contributed by atoms with Gasteiger partial charge in [-0.1, -0.05) is 6.92 Å². The van der Waals surface area contributed by atoms with Crippen LogP contribution in [0.25, 0.3) is 0 Å². The van der Waals surface area contributed by atoms with Gasteiger partial charge in [-0.25, -0.2) is 0 Å². The summed E-state index contributed by atoms with van der Waals surface area (Å²) >= 11 is 1.33. The minimum Gasteiger partial charge on any atom is -0.396 e. The lowest BCUT2D eigenvalue weighted by Crippen LogP contribution is -2.52. The zero-order valence-electron chi connectivity index (χ0n) is 12.9. The zero-order chi connectivity index (χ0) is 15.8. The summed E-state index contributed by atoms with van der Waals surface area (Å²) in [6.45, 7) is 9.22. The van der Waals surface area contributed by atoms with Crippen molar-refractivity contribution < 1.29 is 9.53 Å². The van der Waals surface area contributed by atoms with E-state index < -0.39 is 0 Å². The number of morpholine rings is 1. The number of Topliss-reactive ketones (excluding diaryl/α,β-unsaturated/α-hetero) is 1. The van der Waals surface area contributed by atoms with Crippen LogP contribution in [0.1, 0.15) is 49.4 Å². The van der Waals surface area contributed by atoms with E-state index in [1.54, 1.807) is 6.92 Å². The molecule has 0 radical (unpaired) electrons. The number of rotatable bonds is 3. The summed E-state index contributed by atoms with van der Waals surface area (Å²) in [7, 11) is 0. The van der Waals surface area contributed by atoms with E-state index in [9.17, 15) is 10.1 Å². The molecule has 2 N–H and O–H groups in total. The summed E-state index contributed by atoms with van der Waals surface area (Å²) < 4.78 is 5.89. The van der Waals surface area contributed by atoms with Crippen LogP contribution in [0.2, 0.25) is 0 Å². The van der Waals surface area contributed by atoms with Gasteiger partial charge < -0.3 is 15.4 Å². The summed E-state index contributed by atoms with van der Waals surface area (Å²) in [5, 5.41) is 10.2. The Morgan fingerprint density at radius 2 is 2.29 bits per heavy atom. The van der Waals surface area contributed by atoms with Gasteiger partial charge in [-0.05, 0) is 20.8 Å². The van der Waals surface area contributed by atoms with Crippen molar-refractivity contribution in [2.45, 2.75) is 45.8 Å². The normalized spacial score (nSPS) is 21.1. The molecule has 0 bridgehead atoms. The predicted octanol–water partition coefficient (Wildman–Crippen LogP) is 2.80. The average Bonchev–Trinajstić information content (AvgIpc) is 2.72. The molecule has 0 spiro atoms. The third kappa shape index (κ3) is 3.04. The summed E-state index contributed by atoms with van der Waals surface area (Å²) in [4.78, 5) is 14.6. The van der Waals surface area contributed by atoms with Crippen molar-refractivity contribution in [1.82, 2.24) is 0 Å². The van der Waals surface area contributed by atoms with E-state index >= 15 is 0 Å². The Morgan fingerprint density at radius 1 is 1.62 bits per heavy atom. The Bertz CT molecular complexity index is 601. The molecule has 1 aromatic heterocycles. The fraction of sp³-hybridized carbons (Fsp3) is 0.600. The van der Waals surface area contributed by atoms with Crippen LogP contribution < -0.4 is 10.6 Å². The molecule has 1 aliphatic heterocycles. The second-order valence-electron chi connectivity index (χ2n) is 5.98. The Kier molecular flexibility index (Phi) is 4.26. The number of hydrogen-bond donors (Lipinski definition) is 1. The van der Waals surface area contributed by atoms with E-state index in [2.05, 4.69) is 11.0 Å². The largest absolute Gasteiger partial charge is 0.396 e. The van der Waals surface area contributed by atoms with Gasteiger partial charge in [-0.15, -0.1) is 11.3 Å². The molecule has 5 nitrogen and oxygen atoms in total. The Hall–Kier alpha value is -1.58. The number of anilines is 2. The van der Waals surface area contributed by atoms with Gasteiger partial charge >= 0.3 is 0 Å². The van der Waals surface area contributed by atoms with Gasteiger partial charge in [0.05, 0.1) is 22.3 Å². The first-order valence-electron chi connectivity index (χ1n) is 7.07. The fourth-order valence-electron chi connectivity index (χ4n) is 2.74. The van der Waals surface area contributed by atoms with Crippen molar-refractivity contribution in [3.63, 3.8) is 0 Å². The van der Waals surface area contributed by atoms with Crippen molar-refractivity contribution in [1.29, 1.82) is 5.26 Å². The number of nitriles is 1. The van der Waals surface area contributed by atoms with Crippen molar-refractivity contribution in [2.75, 3.05) is 23.7 Å². The number of hydrogen-bond acceptors (Lipinski definition) is 6. The van der Waals surface area contributed by atoms with Crippen LogP contribution in [0.4, 0.5) is 10.7 Å². The lowest BCUT2D eigenvalue weighted by Gasteiger charge is -2.42. The molecule has 6 heteroatoms. The minimum atomic E-state index is -0.294. The van der Waals surface area contributed by atoms with E-state index in [1.165, 1.54) is 11.3 Å². The van der Waals surface area contributed by atoms with Crippen molar-refractivity contribution in [3.05, 3.63) is 10.4 Å². The molecule has 1 aliphatic rings. The maximum atomic E-state index is 12.0. The molecule has 0 aromatic carbocycles. The highest BCUT2D eigenvalue weighted by molar-refractivity contribution is 7.19. The van der Waals surface area contributed by atoms with Crippen LogP contribution in [0.5, 0.6) is 0 Å². The van der Waals surface area contributed by atoms with Crippen molar-refractivity contribution >= 4 is 27.8 Å². The second-order valence-corrected chi connectivity index (χ2v) is 6.98. The van der Waals surface area contributed by atoms with E-state index in [0.29, 0.717) is 35.6 Å². The first-order chi connectivity index (χ1) is 9.79. The lowest BCUT2D eigenvalue weighted by molar-refractivity contribution is -0.0748. The summed E-state index contributed by atoms with van der Waals surface area (Å²) in [6.07, 6.45) is 0.453. The molecular formula is C15H21N3O2S. The van der Waals surface area contributed by atoms with Crippen LogP contribution in [-0.2, 0) is 4.74 Å². The zero-order valence-corrected chi connectivity index (χ0v) is 13.7. The molecule has 114 valence electrons. The van der Waals surface area contributed by atoms with Gasteiger partial charge in [-0.3, -0.25) is 4.79 Å². The van der Waals surface area contributed by atoms with Gasteiger partial charge in [0.2, 0.25) is 0 Å². The minimum absolute atomic E-state index is 0.0131. The van der Waals surface area contributed by atoms with Crippen LogP contribution in [0.15, 0.2) is 0 Å². The van der Waals surface area contributed by atoms with Crippen LogP contribution in [-0.4, -0.2) is 30.6 Å². The highest BCUT2D eigenvalue weighted by Gasteiger charge is 2.34. The summed E-state index contributed by atoms with van der Waals surface area (Å²) in [5.41, 5.74) is 6.45. The quantitative estimate of drug-likeness (QED) is 0.869. The van der Waals surface area contributed by atoms with Crippen LogP contribution >= 0.6 is 11.3 Å². The smallest absolute Gasteiger partial charge is 0.174 e. The lowest BCUT2D eigenvalue weighted by atomic mass is 10.1. The monoisotopic (exact) mass is 307 g/mol. The molecule has 1 aromatic rings. The number of nitrogens with two attached hydrogens (primary N) is 1. The Morgan fingerprint density at radius 3 is 2.81 bits per heavy atom. The maximum absolute atomic E-state index is 12.0. The second kappa shape index (κ2) is 5.66. The van der Waals surface area contributed by atoms with E-state index in [0.717, 1.165) is 5.00 Å². The third-order valence-electron chi connectivity index (χ3n) is 3.47. The van der Waals surface area contributed by atoms with Gasteiger partial charge in [0.15, 0.2) is 5.78 Å². The summed E-state index contributed by atoms with van der Waals surface area (Å²) in [5.74, 6) is -0.0131. The molecular weight excluding hydrogens is 286 g/mol. The summed E-state index contributed by atoms with van der Waals surface area (Å²) in [6, 6.07) is 2.15. The molecule has 1 fully saturated rings. The van der Waals surface area contributed by atoms with E-state index in [-0.39, 0.29) is 17.5 Å². The standard InChI is InChI=1S/C15H21N3O2S/c1-5-11(19)13-12(17)10(6-16)14(21-13)18-7-9(2)20-15(3,4)8-18/h9H,5,7-8,17H2,1-4H3. The van der Waals surface area contributed by atoms with Crippen molar-refractivity contribution in [3.8, 4) is 6.07 Å². The molecule has 0 aliphatic carbocycles. The predicted molar refractivity (Wildman–Crippen MR) is 84.9 cm³/mol. The first-order valence-corrected chi connectivity index (χ1v) is 7.89. The van der Waals surface area contributed by atoms with Gasteiger partial charge in [-0.2, -0.15) is 5.26 Å². The molecule has 1 atom stereocenters. The molecule has 21 heavy (non-hydrogen) atoms. The Balaban J connectivity index is 2.44. The van der Waals surface area contributed by atoms with Crippen LogP contribution in [0, 0.1) is 11.3 Å². The SMILES string of the molecule is CCC(=O)c1sc(N2CC(C)OC(C)(C)C2)c(C#N)c1N. The van der Waals surface area contributed by atoms with E-state index in [4.69, 9.17) is 10.5 Å². The van der Waals surface area contributed by atoms with Crippen molar-refractivity contribution in [2.24, 2.45) is 0 Å². The van der Waals surface area contributed by atoms with Gasteiger partial charge in [0, 0.05) is 19.5 Å². The molecule has 2 heterocycles. The highest BCUT2D eigenvalue weighted by Crippen LogP contribution is 2.40. The molecule has 1 unspecified atom stereocenters. The van der Waals surface area contributed by atoms with Crippen LogP contribution in [0.3, 0.4) is 0 Å². The first kappa shape index (κ1) is 15.8. The average molecular weight is 307 g/mol. The number of nitrogens with zero attached hydrogens (tertiary/aromatic N) is 2. The molecule has 2 rings (SSSR count). The molecule has 1 saturated heterocycles. The Labute approximate surface area is 129 Å². The highest BCUT2D eigenvalue weighted by atomic mass is 32.1. The van der Waals surface area contributed by atoms with E-state index in [1.807, 2.05) is 20.8 Å². The fourth-order valence-corrected chi connectivity index (χ4v) is 3.93. The topological polar surface area (TPSA) is 79.3 Å². The number of ketones is 1. The number of nitrogen functional groups attached to an aromatic ring is 1. The van der Waals surface area contributed by atoms with Gasteiger partial charge in [0.25, 0.3) is 0 Å². The number of thiophene rings is 1. The number of ether oxygens (including phenoxy) is 1.